The van der Waals surface area contributed by atoms with Crippen molar-refractivity contribution in [1.82, 2.24) is 10.6 Å². The zero-order valence-electron chi connectivity index (χ0n) is 13.7. The molecule has 0 aromatic carbocycles. The minimum Gasteiger partial charge on any atom is -0.346 e. The molecule has 0 aliphatic carbocycles. The maximum atomic E-state index is 11.5. The lowest BCUT2D eigenvalue weighted by Gasteiger charge is -2.13. The van der Waals surface area contributed by atoms with Crippen LogP contribution in [-0.4, -0.2) is 36.6 Å². The summed E-state index contributed by atoms with van der Waals surface area (Å²) in [5, 5.41) is 5.31. The van der Waals surface area contributed by atoms with Gasteiger partial charge in [0.15, 0.2) is 11.6 Å². The van der Waals surface area contributed by atoms with Gasteiger partial charge in [0.05, 0.1) is 18.5 Å². The monoisotopic (exact) mass is 286 g/mol. The predicted molar refractivity (Wildman–Crippen MR) is 81.6 cm³/mol. The third-order valence-corrected chi connectivity index (χ3v) is 2.61. The fraction of sp³-hybridized carbons (Fsp3) is 0.800. The highest BCUT2D eigenvalue weighted by atomic mass is 16.2. The average molecular weight is 286 g/mol. The third kappa shape index (κ3) is 10.7. The summed E-state index contributed by atoms with van der Waals surface area (Å²) in [6, 6.07) is -0.859. The van der Waals surface area contributed by atoms with Gasteiger partial charge in [-0.3, -0.25) is 14.4 Å². The fourth-order valence-corrected chi connectivity index (χ4v) is 1.31. The van der Waals surface area contributed by atoms with Crippen molar-refractivity contribution in [2.45, 2.75) is 72.4 Å². The van der Waals surface area contributed by atoms with E-state index in [0.29, 0.717) is 6.42 Å². The van der Waals surface area contributed by atoms with Gasteiger partial charge >= 0.3 is 0 Å². The summed E-state index contributed by atoms with van der Waals surface area (Å²) in [5.41, 5.74) is 0. The van der Waals surface area contributed by atoms with Gasteiger partial charge in [0.25, 0.3) is 0 Å². The van der Waals surface area contributed by atoms with E-state index in [2.05, 4.69) is 24.5 Å². The lowest BCUT2D eigenvalue weighted by Crippen LogP contribution is -2.41. The second kappa shape index (κ2) is 12.8. The molecule has 0 spiro atoms. The van der Waals surface area contributed by atoms with Crippen LogP contribution in [0.4, 0.5) is 0 Å². The molecular weight excluding hydrogens is 256 g/mol. The van der Waals surface area contributed by atoms with E-state index in [1.54, 1.807) is 20.9 Å². The number of nitrogens with one attached hydrogen (secondary N) is 2. The van der Waals surface area contributed by atoms with E-state index in [1.807, 2.05) is 6.92 Å². The van der Waals surface area contributed by atoms with E-state index in [0.717, 1.165) is 6.42 Å². The first-order valence-corrected chi connectivity index (χ1v) is 7.35. The summed E-state index contributed by atoms with van der Waals surface area (Å²) in [5.74, 6) is -0.579. The number of hydrogen-bond acceptors (Lipinski definition) is 4. The Bertz CT molecular complexity index is 303. The maximum Gasteiger partial charge on any atom is 0.228 e. The van der Waals surface area contributed by atoms with E-state index in [9.17, 15) is 14.4 Å². The molecule has 0 aromatic rings. The molecule has 0 saturated carbocycles. The van der Waals surface area contributed by atoms with E-state index in [-0.39, 0.29) is 24.0 Å². The van der Waals surface area contributed by atoms with Crippen LogP contribution in [0.5, 0.6) is 0 Å². The second-order valence-electron chi connectivity index (χ2n) is 4.87. The van der Waals surface area contributed by atoms with Crippen LogP contribution in [0.2, 0.25) is 0 Å². The van der Waals surface area contributed by atoms with Gasteiger partial charge in [0.2, 0.25) is 5.91 Å². The summed E-state index contributed by atoms with van der Waals surface area (Å²) in [6.45, 7) is 9.49. The Morgan fingerprint density at radius 3 is 1.85 bits per heavy atom. The zero-order chi connectivity index (χ0) is 16.1. The number of Topliss-reactive ketones (excluding diaryl/α,β-unsaturated/α-hetero) is 2. The molecule has 118 valence electrons. The zero-order valence-corrected chi connectivity index (χ0v) is 13.7. The first kappa shape index (κ1) is 21.1. The summed E-state index contributed by atoms with van der Waals surface area (Å²) >= 11 is 0. The molecule has 5 heteroatoms. The summed E-state index contributed by atoms with van der Waals surface area (Å²) in [6.07, 6.45) is 2.27. The molecular formula is C15H30N2O3. The van der Waals surface area contributed by atoms with Crippen molar-refractivity contribution >= 4 is 17.5 Å². The smallest absolute Gasteiger partial charge is 0.228 e. The van der Waals surface area contributed by atoms with Gasteiger partial charge in [-0.15, -0.1) is 0 Å². The van der Waals surface area contributed by atoms with Crippen LogP contribution in [0.25, 0.3) is 0 Å². The van der Waals surface area contributed by atoms with Crippen LogP contribution >= 0.6 is 0 Å². The SMILES string of the molecule is CCC.CCCC(=O)C(C)NC(=O)CC(=O)C(C)NC. The molecule has 0 radical (unpaired) electrons. The maximum absolute atomic E-state index is 11.5. The van der Waals surface area contributed by atoms with E-state index >= 15 is 0 Å². The van der Waals surface area contributed by atoms with Gasteiger partial charge in [-0.2, -0.15) is 0 Å². The first-order valence-electron chi connectivity index (χ1n) is 7.35. The van der Waals surface area contributed by atoms with Crippen LogP contribution < -0.4 is 10.6 Å². The Kier molecular flexibility index (Phi) is 13.5. The van der Waals surface area contributed by atoms with Crippen LogP contribution in [0.1, 0.15) is 60.3 Å². The van der Waals surface area contributed by atoms with E-state index in [4.69, 9.17) is 0 Å². The molecule has 0 aliphatic heterocycles. The molecule has 0 aromatic heterocycles. The quantitative estimate of drug-likeness (QED) is 0.668. The number of likely N-dealkylation sites (N-methyl/N-ethyl adjacent to an activating group) is 1. The molecule has 0 saturated heterocycles. The molecule has 0 rings (SSSR count). The molecule has 0 fully saturated rings. The van der Waals surface area contributed by atoms with Crippen molar-refractivity contribution in [2.75, 3.05) is 7.05 Å². The Balaban J connectivity index is 0. The van der Waals surface area contributed by atoms with Crippen molar-refractivity contribution < 1.29 is 14.4 Å². The largest absolute Gasteiger partial charge is 0.346 e. The van der Waals surface area contributed by atoms with Crippen molar-refractivity contribution in [3.63, 3.8) is 0 Å². The van der Waals surface area contributed by atoms with Crippen molar-refractivity contribution in [3.8, 4) is 0 Å². The number of rotatable bonds is 8. The molecule has 1 amide bonds. The Hall–Kier alpha value is -1.23. The van der Waals surface area contributed by atoms with Gasteiger partial charge in [0, 0.05) is 6.42 Å². The van der Waals surface area contributed by atoms with Gasteiger partial charge < -0.3 is 10.6 Å². The fourth-order valence-electron chi connectivity index (χ4n) is 1.31. The summed E-state index contributed by atoms with van der Waals surface area (Å²) < 4.78 is 0. The van der Waals surface area contributed by atoms with Gasteiger partial charge in [-0.1, -0.05) is 27.2 Å². The minimum atomic E-state index is -0.514. The predicted octanol–water partition coefficient (Wildman–Crippen LogP) is 1.84. The molecule has 2 atom stereocenters. The molecule has 5 nitrogen and oxygen atoms in total. The highest BCUT2D eigenvalue weighted by molar-refractivity contribution is 6.01. The normalized spacial score (nSPS) is 12.7. The molecule has 0 heterocycles. The van der Waals surface area contributed by atoms with Crippen LogP contribution in [-0.2, 0) is 14.4 Å². The van der Waals surface area contributed by atoms with Crippen LogP contribution in [0, 0.1) is 0 Å². The molecule has 0 aliphatic rings. The summed E-state index contributed by atoms with van der Waals surface area (Å²) in [7, 11) is 1.66. The number of carbonyl (C=O) groups is 3. The Morgan fingerprint density at radius 2 is 1.45 bits per heavy atom. The van der Waals surface area contributed by atoms with Crippen molar-refractivity contribution in [2.24, 2.45) is 0 Å². The topological polar surface area (TPSA) is 75.3 Å². The molecule has 2 unspecified atom stereocenters. The van der Waals surface area contributed by atoms with Gasteiger partial charge in [0.1, 0.15) is 0 Å². The van der Waals surface area contributed by atoms with Crippen molar-refractivity contribution in [3.05, 3.63) is 0 Å². The number of hydrogen-bond donors (Lipinski definition) is 2. The van der Waals surface area contributed by atoms with E-state index in [1.165, 1.54) is 6.42 Å². The third-order valence-electron chi connectivity index (χ3n) is 2.61. The van der Waals surface area contributed by atoms with Gasteiger partial charge in [-0.25, -0.2) is 0 Å². The highest BCUT2D eigenvalue weighted by Crippen LogP contribution is 1.97. The highest BCUT2D eigenvalue weighted by Gasteiger charge is 2.18. The second-order valence-corrected chi connectivity index (χ2v) is 4.87. The first-order chi connectivity index (χ1) is 9.33. The minimum absolute atomic E-state index is 0.00466. The number of ketones is 2. The van der Waals surface area contributed by atoms with Crippen LogP contribution in [0.15, 0.2) is 0 Å². The average Bonchev–Trinajstić information content (AvgIpc) is 2.38. The molecule has 20 heavy (non-hydrogen) atoms. The standard InChI is InChI=1S/C12H22N2O3.C3H8/c1-5-6-10(15)9(3)14-12(17)7-11(16)8(2)13-4;1-3-2/h8-9,13H,5-7H2,1-4H3,(H,14,17);3H2,1-2H3. The number of amides is 1. The van der Waals surface area contributed by atoms with Gasteiger partial charge in [-0.05, 0) is 27.3 Å². The lowest BCUT2D eigenvalue weighted by atomic mass is 10.1. The Labute approximate surface area is 122 Å². The van der Waals surface area contributed by atoms with Crippen molar-refractivity contribution in [1.29, 1.82) is 0 Å². The summed E-state index contributed by atoms with van der Waals surface area (Å²) in [4.78, 5) is 34.4. The lowest BCUT2D eigenvalue weighted by molar-refractivity contribution is -0.131. The molecule has 0 bridgehead atoms. The number of carbonyl (C=O) groups excluding carboxylic acids is 3. The van der Waals surface area contributed by atoms with Crippen LogP contribution in [0.3, 0.4) is 0 Å². The molecule has 2 N–H and O–H groups in total. The Morgan fingerprint density at radius 1 is 0.950 bits per heavy atom. The van der Waals surface area contributed by atoms with E-state index < -0.39 is 11.9 Å².